The van der Waals surface area contributed by atoms with Crippen molar-refractivity contribution in [2.24, 2.45) is 0 Å². The third kappa shape index (κ3) is 3.92. The van der Waals surface area contributed by atoms with E-state index >= 15 is 0 Å². The van der Waals surface area contributed by atoms with E-state index in [-0.39, 0.29) is 16.5 Å². The van der Waals surface area contributed by atoms with E-state index in [0.29, 0.717) is 17.0 Å². The van der Waals surface area contributed by atoms with Crippen LogP contribution in [0, 0.1) is 6.92 Å². The molecule has 6 nitrogen and oxygen atoms in total. The summed E-state index contributed by atoms with van der Waals surface area (Å²) < 4.78 is 1.81. The number of rotatable bonds is 5. The van der Waals surface area contributed by atoms with Gasteiger partial charge in [0.15, 0.2) is 0 Å². The molecule has 0 spiro atoms. The van der Waals surface area contributed by atoms with Crippen LogP contribution < -0.4 is 5.32 Å². The van der Waals surface area contributed by atoms with Gasteiger partial charge in [0.05, 0.1) is 11.1 Å². The van der Waals surface area contributed by atoms with Crippen molar-refractivity contribution in [3.05, 3.63) is 87.9 Å². The number of halogens is 2. The molecule has 1 amide bonds. The molecule has 0 atom stereocenters. The van der Waals surface area contributed by atoms with Gasteiger partial charge in [0.1, 0.15) is 17.3 Å². The van der Waals surface area contributed by atoms with Gasteiger partial charge in [-0.05, 0) is 42.8 Å². The van der Waals surface area contributed by atoms with Crippen LogP contribution in [0.15, 0.2) is 61.1 Å². The third-order valence-corrected chi connectivity index (χ3v) is 5.31. The molecule has 0 aliphatic heterocycles. The van der Waals surface area contributed by atoms with E-state index in [2.05, 4.69) is 15.3 Å². The lowest BCUT2D eigenvalue weighted by atomic mass is 10.1. The number of hydrogen-bond donors (Lipinski definition) is 1. The molecule has 0 bridgehead atoms. The molecule has 150 valence electrons. The van der Waals surface area contributed by atoms with E-state index in [0.717, 1.165) is 16.6 Å². The molecule has 2 heterocycles. The quantitative estimate of drug-likeness (QED) is 0.354. The Morgan fingerprint density at radius 2 is 1.83 bits per heavy atom. The first kappa shape index (κ1) is 20.1. The molecule has 0 radical (unpaired) electrons. The van der Waals surface area contributed by atoms with Crippen molar-refractivity contribution in [2.45, 2.75) is 13.5 Å². The number of carbonyl (C=O) groups excluding carboxylic acids is 2. The van der Waals surface area contributed by atoms with E-state index in [9.17, 15) is 9.59 Å². The van der Waals surface area contributed by atoms with Crippen molar-refractivity contribution in [3.63, 3.8) is 0 Å². The topological polar surface area (TPSA) is 76.9 Å². The Balaban J connectivity index is 1.76. The molecule has 30 heavy (non-hydrogen) atoms. The van der Waals surface area contributed by atoms with Gasteiger partial charge in [-0.25, -0.2) is 9.97 Å². The molecule has 1 N–H and O–H groups in total. The fourth-order valence-corrected chi connectivity index (χ4v) is 3.70. The average Bonchev–Trinajstić information content (AvgIpc) is 3.00. The summed E-state index contributed by atoms with van der Waals surface area (Å²) >= 11 is 12.6. The number of amides is 1. The van der Waals surface area contributed by atoms with Gasteiger partial charge in [-0.1, -0.05) is 47.0 Å². The molecular formula is C22H16Cl2N4O2. The number of aryl methyl sites for hydroxylation is 1. The highest BCUT2D eigenvalue weighted by Gasteiger charge is 2.27. The lowest BCUT2D eigenvalue weighted by Gasteiger charge is -2.08. The molecular weight excluding hydrogens is 423 g/mol. The van der Waals surface area contributed by atoms with Crippen LogP contribution in [0.25, 0.3) is 10.9 Å². The molecule has 4 aromatic rings. The number of nitrogens with zero attached hydrogens (tertiary/aromatic N) is 3. The third-order valence-electron chi connectivity index (χ3n) is 4.67. The summed E-state index contributed by atoms with van der Waals surface area (Å²) in [5.41, 5.74) is 2.84. The van der Waals surface area contributed by atoms with Crippen molar-refractivity contribution in [1.82, 2.24) is 14.5 Å². The van der Waals surface area contributed by atoms with Crippen molar-refractivity contribution in [3.8, 4) is 0 Å². The average molecular weight is 439 g/mol. The largest absolute Gasteiger partial charge is 0.327 e. The Bertz CT molecular complexity index is 1250. The number of anilines is 1. The van der Waals surface area contributed by atoms with Crippen LogP contribution in [0.4, 0.5) is 5.82 Å². The van der Waals surface area contributed by atoms with Crippen molar-refractivity contribution in [1.29, 1.82) is 0 Å². The lowest BCUT2D eigenvalue weighted by Crippen LogP contribution is -2.23. The van der Waals surface area contributed by atoms with Gasteiger partial charge >= 0.3 is 0 Å². The highest BCUT2D eigenvalue weighted by atomic mass is 35.5. The van der Waals surface area contributed by atoms with Gasteiger partial charge in [-0.2, -0.15) is 0 Å². The number of ketones is 1. The first-order chi connectivity index (χ1) is 14.4. The monoisotopic (exact) mass is 438 g/mol. The van der Waals surface area contributed by atoms with Crippen LogP contribution in [-0.2, 0) is 11.3 Å². The maximum atomic E-state index is 13.0. The molecule has 0 aliphatic carbocycles. The number of benzene rings is 2. The second kappa shape index (κ2) is 8.26. The predicted molar refractivity (Wildman–Crippen MR) is 117 cm³/mol. The van der Waals surface area contributed by atoms with Gasteiger partial charge in [-0.15, -0.1) is 0 Å². The SMILES string of the molecule is Cc1ccc2c(c1)c(C(=O)C(=O)Nc1ccncn1)c(Cl)n2Cc1ccc(Cl)cc1. The number of carbonyl (C=O) groups is 2. The summed E-state index contributed by atoms with van der Waals surface area (Å²) in [5.74, 6) is -1.31. The Hall–Kier alpha value is -3.22. The summed E-state index contributed by atoms with van der Waals surface area (Å²) in [5, 5.41) is 3.95. The smallest absolute Gasteiger partial charge is 0.298 e. The summed E-state index contributed by atoms with van der Waals surface area (Å²) in [4.78, 5) is 33.3. The van der Waals surface area contributed by atoms with Gasteiger partial charge in [0.2, 0.25) is 0 Å². The highest BCUT2D eigenvalue weighted by molar-refractivity contribution is 6.51. The van der Waals surface area contributed by atoms with Crippen molar-refractivity contribution < 1.29 is 9.59 Å². The van der Waals surface area contributed by atoms with E-state index in [1.807, 2.05) is 41.8 Å². The van der Waals surface area contributed by atoms with Gasteiger partial charge in [0, 0.05) is 23.2 Å². The number of nitrogens with one attached hydrogen (secondary N) is 1. The molecule has 4 rings (SSSR count). The molecule has 2 aromatic carbocycles. The molecule has 2 aromatic heterocycles. The number of hydrogen-bond acceptors (Lipinski definition) is 4. The normalized spacial score (nSPS) is 10.9. The Kier molecular flexibility index (Phi) is 5.53. The van der Waals surface area contributed by atoms with Crippen LogP contribution in [0.3, 0.4) is 0 Å². The summed E-state index contributed by atoms with van der Waals surface area (Å²) in [6.07, 6.45) is 2.76. The zero-order valence-electron chi connectivity index (χ0n) is 15.9. The molecule has 0 saturated heterocycles. The zero-order valence-corrected chi connectivity index (χ0v) is 17.4. The van der Waals surface area contributed by atoms with Crippen LogP contribution in [-0.4, -0.2) is 26.2 Å². The Morgan fingerprint density at radius 3 is 2.53 bits per heavy atom. The van der Waals surface area contributed by atoms with Gasteiger partial charge in [0.25, 0.3) is 11.7 Å². The van der Waals surface area contributed by atoms with Crippen molar-refractivity contribution in [2.75, 3.05) is 5.32 Å². The maximum Gasteiger partial charge on any atom is 0.298 e. The molecule has 8 heteroatoms. The van der Waals surface area contributed by atoms with E-state index in [4.69, 9.17) is 23.2 Å². The molecule has 0 aliphatic rings. The maximum absolute atomic E-state index is 13.0. The Labute approximate surface area is 182 Å². The minimum absolute atomic E-state index is 0.163. The predicted octanol–water partition coefficient (Wildman–Crippen LogP) is 4.92. The summed E-state index contributed by atoms with van der Waals surface area (Å²) in [6.45, 7) is 2.34. The van der Waals surface area contributed by atoms with Crippen LogP contribution in [0.5, 0.6) is 0 Å². The molecule has 0 fully saturated rings. The highest BCUT2D eigenvalue weighted by Crippen LogP contribution is 2.32. The zero-order chi connectivity index (χ0) is 21.3. The molecule has 0 saturated carbocycles. The van der Waals surface area contributed by atoms with Gasteiger partial charge < -0.3 is 9.88 Å². The first-order valence-electron chi connectivity index (χ1n) is 9.08. The number of aromatic nitrogens is 3. The van der Waals surface area contributed by atoms with E-state index < -0.39 is 11.7 Å². The van der Waals surface area contributed by atoms with Crippen LogP contribution in [0.1, 0.15) is 21.5 Å². The second-order valence-electron chi connectivity index (χ2n) is 6.78. The van der Waals surface area contributed by atoms with E-state index in [1.54, 1.807) is 12.1 Å². The fraction of sp³-hybridized carbons (Fsp3) is 0.0909. The summed E-state index contributed by atoms with van der Waals surface area (Å²) in [7, 11) is 0. The second-order valence-corrected chi connectivity index (χ2v) is 7.57. The van der Waals surface area contributed by atoms with Crippen LogP contribution >= 0.6 is 23.2 Å². The van der Waals surface area contributed by atoms with Crippen molar-refractivity contribution >= 4 is 51.6 Å². The lowest BCUT2D eigenvalue weighted by molar-refractivity contribution is -0.112. The van der Waals surface area contributed by atoms with Crippen LogP contribution in [0.2, 0.25) is 10.2 Å². The standard InChI is InChI=1S/C22H16Cl2N4O2/c1-13-2-7-17-16(10-13)19(20(29)22(30)27-18-8-9-25-12-26-18)21(24)28(17)11-14-3-5-15(23)6-4-14/h2-10,12H,11H2,1H3,(H,25,26,27,30). The van der Waals surface area contributed by atoms with E-state index in [1.165, 1.54) is 18.6 Å². The van der Waals surface area contributed by atoms with Gasteiger partial charge in [-0.3, -0.25) is 9.59 Å². The Morgan fingerprint density at radius 1 is 1.07 bits per heavy atom. The summed E-state index contributed by atoms with van der Waals surface area (Å²) in [6, 6.07) is 14.6. The molecule has 0 unspecified atom stereocenters. The number of Topliss-reactive ketones (excluding diaryl/α,β-unsaturated/α-hetero) is 1. The minimum atomic E-state index is -0.817. The fourth-order valence-electron chi connectivity index (χ4n) is 3.23. The first-order valence-corrected chi connectivity index (χ1v) is 9.84. The minimum Gasteiger partial charge on any atom is -0.327 e. The number of fused-ring (bicyclic) bond motifs is 1.